The summed E-state index contributed by atoms with van der Waals surface area (Å²) in [5.41, 5.74) is 0.996. The van der Waals surface area contributed by atoms with Crippen molar-refractivity contribution in [1.82, 2.24) is 9.97 Å². The molecule has 3 nitrogen and oxygen atoms in total. The number of aromatic nitrogens is 2. The SMILES string of the molecule is O=C(c1ncc(Br)cc1Br)c1cccc2ccncc12. The van der Waals surface area contributed by atoms with Crippen molar-refractivity contribution in [1.29, 1.82) is 0 Å². The van der Waals surface area contributed by atoms with Gasteiger partial charge in [0, 0.05) is 38.5 Å². The molecule has 0 N–H and O–H groups in total. The Morgan fingerprint density at radius 3 is 2.75 bits per heavy atom. The van der Waals surface area contributed by atoms with Gasteiger partial charge in [-0.05, 0) is 49.4 Å². The summed E-state index contributed by atoms with van der Waals surface area (Å²) in [6, 6.07) is 9.31. The van der Waals surface area contributed by atoms with Crippen molar-refractivity contribution in [3.8, 4) is 0 Å². The van der Waals surface area contributed by atoms with Crippen LogP contribution in [0.3, 0.4) is 0 Å². The average Bonchev–Trinajstić information content (AvgIpc) is 2.46. The van der Waals surface area contributed by atoms with Crippen molar-refractivity contribution in [3.05, 3.63) is 69.1 Å². The van der Waals surface area contributed by atoms with Gasteiger partial charge in [-0.1, -0.05) is 18.2 Å². The first-order chi connectivity index (χ1) is 9.66. The van der Waals surface area contributed by atoms with Crippen LogP contribution in [0.25, 0.3) is 10.8 Å². The molecular weight excluding hydrogens is 384 g/mol. The Bertz CT molecular complexity index is 813. The second-order valence-corrected chi connectivity index (χ2v) is 5.99. The number of pyridine rings is 2. The predicted molar refractivity (Wildman–Crippen MR) is 84.8 cm³/mol. The highest BCUT2D eigenvalue weighted by atomic mass is 79.9. The number of benzene rings is 1. The highest BCUT2D eigenvalue weighted by Gasteiger charge is 2.16. The van der Waals surface area contributed by atoms with E-state index < -0.39 is 0 Å². The van der Waals surface area contributed by atoms with E-state index in [0.717, 1.165) is 15.2 Å². The summed E-state index contributed by atoms with van der Waals surface area (Å²) in [5, 5.41) is 1.82. The van der Waals surface area contributed by atoms with Crippen LogP contribution in [0.2, 0.25) is 0 Å². The maximum atomic E-state index is 12.7. The number of halogens is 2. The van der Waals surface area contributed by atoms with Crippen molar-refractivity contribution >= 4 is 48.4 Å². The van der Waals surface area contributed by atoms with E-state index in [4.69, 9.17) is 0 Å². The average molecular weight is 392 g/mol. The fourth-order valence-corrected chi connectivity index (χ4v) is 3.19. The zero-order valence-corrected chi connectivity index (χ0v) is 13.3. The second kappa shape index (κ2) is 5.42. The summed E-state index contributed by atoms with van der Waals surface area (Å²) in [5.74, 6) is -0.122. The van der Waals surface area contributed by atoms with Crippen LogP contribution in [-0.2, 0) is 0 Å². The molecule has 2 aromatic heterocycles. The molecule has 3 aromatic rings. The minimum Gasteiger partial charge on any atom is -0.287 e. The monoisotopic (exact) mass is 390 g/mol. The quantitative estimate of drug-likeness (QED) is 0.608. The van der Waals surface area contributed by atoms with Gasteiger partial charge in [-0.15, -0.1) is 0 Å². The van der Waals surface area contributed by atoms with E-state index in [2.05, 4.69) is 41.8 Å². The first kappa shape index (κ1) is 13.4. The Labute approximate surface area is 132 Å². The predicted octanol–water partition coefficient (Wildman–Crippen LogP) is 4.39. The van der Waals surface area contributed by atoms with Gasteiger partial charge in [0.2, 0.25) is 5.78 Å². The Morgan fingerprint density at radius 2 is 1.95 bits per heavy atom. The lowest BCUT2D eigenvalue weighted by Crippen LogP contribution is -2.06. The fraction of sp³-hybridized carbons (Fsp3) is 0. The number of carbonyl (C=O) groups excluding carboxylic acids is 1. The van der Waals surface area contributed by atoms with Gasteiger partial charge in [0.25, 0.3) is 0 Å². The summed E-state index contributed by atoms with van der Waals surface area (Å²) < 4.78 is 1.48. The zero-order valence-electron chi connectivity index (χ0n) is 10.2. The molecular formula is C15H8Br2N2O. The third-order valence-corrected chi connectivity index (χ3v) is 3.99. The number of hydrogen-bond donors (Lipinski definition) is 0. The van der Waals surface area contributed by atoms with Crippen LogP contribution >= 0.6 is 31.9 Å². The van der Waals surface area contributed by atoms with Crippen molar-refractivity contribution in [3.63, 3.8) is 0 Å². The molecule has 20 heavy (non-hydrogen) atoms. The molecule has 0 fully saturated rings. The van der Waals surface area contributed by atoms with E-state index in [1.54, 1.807) is 24.7 Å². The van der Waals surface area contributed by atoms with E-state index >= 15 is 0 Å². The molecule has 0 aliphatic carbocycles. The largest absolute Gasteiger partial charge is 0.287 e. The summed E-state index contributed by atoms with van der Waals surface area (Å²) in [6.07, 6.45) is 5.03. The molecule has 0 amide bonds. The van der Waals surface area contributed by atoms with E-state index in [1.165, 1.54) is 0 Å². The molecule has 0 aliphatic heterocycles. The van der Waals surface area contributed by atoms with Gasteiger partial charge in [-0.3, -0.25) is 14.8 Å². The zero-order chi connectivity index (χ0) is 14.1. The van der Waals surface area contributed by atoms with Crippen LogP contribution in [0, 0.1) is 0 Å². The molecule has 0 radical (unpaired) electrons. The van der Waals surface area contributed by atoms with E-state index in [9.17, 15) is 4.79 Å². The maximum absolute atomic E-state index is 12.7. The van der Waals surface area contributed by atoms with Gasteiger partial charge in [0.05, 0.1) is 0 Å². The molecule has 5 heteroatoms. The second-order valence-electron chi connectivity index (χ2n) is 4.22. The lowest BCUT2D eigenvalue weighted by Gasteiger charge is -2.06. The van der Waals surface area contributed by atoms with Crippen molar-refractivity contribution in [2.24, 2.45) is 0 Å². The minimum atomic E-state index is -0.122. The lowest BCUT2D eigenvalue weighted by molar-refractivity contribution is 0.103. The molecule has 2 heterocycles. The van der Waals surface area contributed by atoms with Gasteiger partial charge in [-0.2, -0.15) is 0 Å². The third-order valence-electron chi connectivity index (χ3n) is 2.95. The molecule has 0 unspecified atom stereocenters. The maximum Gasteiger partial charge on any atom is 0.213 e. The Balaban J connectivity index is 2.18. The number of rotatable bonds is 2. The fourth-order valence-electron chi connectivity index (χ4n) is 2.02. The van der Waals surface area contributed by atoms with Crippen molar-refractivity contribution in [2.75, 3.05) is 0 Å². The minimum absolute atomic E-state index is 0.122. The standard InChI is InChI=1S/C15H8Br2N2O/c16-10-6-13(17)14(19-7-10)15(20)11-3-1-2-9-4-5-18-8-12(9)11/h1-8H. The van der Waals surface area contributed by atoms with E-state index in [1.807, 2.05) is 24.3 Å². The smallest absolute Gasteiger partial charge is 0.213 e. The first-order valence-electron chi connectivity index (χ1n) is 5.85. The van der Waals surface area contributed by atoms with Crippen molar-refractivity contribution in [2.45, 2.75) is 0 Å². The molecule has 1 aromatic carbocycles. The number of nitrogens with zero attached hydrogens (tertiary/aromatic N) is 2. The third kappa shape index (κ3) is 2.39. The normalized spacial score (nSPS) is 10.7. The number of hydrogen-bond acceptors (Lipinski definition) is 3. The Kier molecular flexibility index (Phi) is 3.63. The van der Waals surface area contributed by atoms with Crippen LogP contribution in [0.1, 0.15) is 16.1 Å². The van der Waals surface area contributed by atoms with Crippen molar-refractivity contribution < 1.29 is 4.79 Å². The first-order valence-corrected chi connectivity index (χ1v) is 7.44. The van der Waals surface area contributed by atoms with Crippen LogP contribution < -0.4 is 0 Å². The lowest BCUT2D eigenvalue weighted by atomic mass is 10.0. The van der Waals surface area contributed by atoms with Gasteiger partial charge in [-0.25, -0.2) is 0 Å². The molecule has 0 bridgehead atoms. The Morgan fingerprint density at radius 1 is 1.10 bits per heavy atom. The summed E-state index contributed by atoms with van der Waals surface area (Å²) in [4.78, 5) is 20.9. The van der Waals surface area contributed by atoms with Gasteiger partial charge >= 0.3 is 0 Å². The van der Waals surface area contributed by atoms with E-state index in [-0.39, 0.29) is 5.78 Å². The Hall–Kier alpha value is -1.59. The summed E-state index contributed by atoms with van der Waals surface area (Å²) >= 11 is 6.71. The number of carbonyl (C=O) groups is 1. The van der Waals surface area contributed by atoms with Gasteiger partial charge in [0.1, 0.15) is 5.69 Å². The number of fused-ring (bicyclic) bond motifs is 1. The van der Waals surface area contributed by atoms with Crippen LogP contribution in [0.15, 0.2) is 57.9 Å². The topological polar surface area (TPSA) is 42.9 Å². The summed E-state index contributed by atoms with van der Waals surface area (Å²) in [7, 11) is 0. The van der Waals surface area contributed by atoms with Gasteiger partial charge < -0.3 is 0 Å². The van der Waals surface area contributed by atoms with Gasteiger partial charge in [0.15, 0.2) is 0 Å². The molecule has 0 atom stereocenters. The molecule has 0 saturated carbocycles. The molecule has 0 spiro atoms. The number of ketones is 1. The van der Waals surface area contributed by atoms with E-state index in [0.29, 0.717) is 15.7 Å². The molecule has 0 aliphatic rings. The highest BCUT2D eigenvalue weighted by Crippen LogP contribution is 2.25. The molecule has 0 saturated heterocycles. The summed E-state index contributed by atoms with van der Waals surface area (Å²) in [6.45, 7) is 0. The van der Waals surface area contributed by atoms with Crippen LogP contribution in [0.5, 0.6) is 0 Å². The van der Waals surface area contributed by atoms with Crippen LogP contribution in [-0.4, -0.2) is 15.8 Å². The van der Waals surface area contributed by atoms with Crippen LogP contribution in [0.4, 0.5) is 0 Å². The molecule has 3 rings (SSSR count). The highest BCUT2D eigenvalue weighted by molar-refractivity contribution is 9.11. The molecule has 98 valence electrons.